The van der Waals surface area contributed by atoms with Gasteiger partial charge in [0.2, 0.25) is 5.91 Å². The van der Waals surface area contributed by atoms with Crippen molar-refractivity contribution in [2.45, 2.75) is 12.7 Å². The molecule has 3 nitrogen and oxygen atoms in total. The van der Waals surface area contributed by atoms with Gasteiger partial charge in [-0.2, -0.15) is 5.10 Å². The van der Waals surface area contributed by atoms with Gasteiger partial charge in [-0.15, -0.1) is 11.8 Å². The lowest BCUT2D eigenvalue weighted by Gasteiger charge is -2.06. The summed E-state index contributed by atoms with van der Waals surface area (Å²) in [4.78, 5) is 11.9. The number of halogens is 3. The van der Waals surface area contributed by atoms with Gasteiger partial charge in [0.15, 0.2) is 0 Å². The van der Waals surface area contributed by atoms with Gasteiger partial charge in [0, 0.05) is 20.3 Å². The number of hydrogen-bond acceptors (Lipinski definition) is 3. The number of rotatable bonds is 6. The molecule has 24 heavy (non-hydrogen) atoms. The summed E-state index contributed by atoms with van der Waals surface area (Å²) in [6.07, 6.45) is 0. The molecule has 0 heterocycles. The Kier molecular flexibility index (Phi) is 7.62. The van der Waals surface area contributed by atoms with Gasteiger partial charge in [0.1, 0.15) is 0 Å². The van der Waals surface area contributed by atoms with E-state index in [1.165, 1.54) is 11.8 Å². The predicted octanol–water partition coefficient (Wildman–Crippen LogP) is 5.53. The van der Waals surface area contributed by atoms with Crippen LogP contribution in [0.15, 0.2) is 52.0 Å². The molecule has 0 radical (unpaired) electrons. The van der Waals surface area contributed by atoms with Crippen molar-refractivity contribution in [1.82, 2.24) is 5.43 Å². The second kappa shape index (κ2) is 9.47. The molecule has 0 saturated carbocycles. The standard InChI is InChI=1S/C17H15BrCl2N2OS/c1-11(12-5-7-13(18)8-6-12)21-22-17(23)10-24-9-14-15(19)3-2-4-16(14)20/h2-8H,9-10H2,1H3,(H,22,23)/b21-11-. The van der Waals surface area contributed by atoms with E-state index in [0.717, 1.165) is 21.3 Å². The van der Waals surface area contributed by atoms with Gasteiger partial charge >= 0.3 is 0 Å². The van der Waals surface area contributed by atoms with E-state index in [9.17, 15) is 4.79 Å². The molecular weight excluding hydrogens is 431 g/mol. The number of carbonyl (C=O) groups excluding carboxylic acids is 1. The fourth-order valence-electron chi connectivity index (χ4n) is 1.85. The van der Waals surface area contributed by atoms with E-state index in [4.69, 9.17) is 23.2 Å². The summed E-state index contributed by atoms with van der Waals surface area (Å²) in [6, 6.07) is 13.1. The predicted molar refractivity (Wildman–Crippen MR) is 107 cm³/mol. The summed E-state index contributed by atoms with van der Waals surface area (Å²) in [5.74, 6) is 0.680. The van der Waals surface area contributed by atoms with Crippen molar-refractivity contribution in [2.24, 2.45) is 5.10 Å². The van der Waals surface area contributed by atoms with Crippen molar-refractivity contribution in [1.29, 1.82) is 0 Å². The number of nitrogens with one attached hydrogen (secondary N) is 1. The average Bonchev–Trinajstić information content (AvgIpc) is 2.56. The molecule has 0 atom stereocenters. The number of nitrogens with zero attached hydrogens (tertiary/aromatic N) is 1. The first-order valence-electron chi connectivity index (χ1n) is 7.07. The molecule has 126 valence electrons. The Morgan fingerprint density at radius 3 is 2.42 bits per heavy atom. The molecule has 2 aromatic carbocycles. The lowest BCUT2D eigenvalue weighted by atomic mass is 10.1. The Morgan fingerprint density at radius 2 is 1.79 bits per heavy atom. The lowest BCUT2D eigenvalue weighted by molar-refractivity contribution is -0.118. The van der Waals surface area contributed by atoms with Crippen molar-refractivity contribution in [3.05, 3.63) is 68.1 Å². The first kappa shape index (κ1) is 19.3. The van der Waals surface area contributed by atoms with Gasteiger partial charge in [-0.1, -0.05) is 57.3 Å². The number of amides is 1. The minimum atomic E-state index is -0.167. The van der Waals surface area contributed by atoms with E-state index in [-0.39, 0.29) is 11.7 Å². The minimum Gasteiger partial charge on any atom is -0.272 e. The Hall–Kier alpha value is -1.01. The molecule has 0 spiro atoms. The van der Waals surface area contributed by atoms with Gasteiger partial charge in [0.25, 0.3) is 0 Å². The molecule has 0 bridgehead atoms. The Morgan fingerprint density at radius 1 is 1.17 bits per heavy atom. The fourth-order valence-corrected chi connectivity index (χ4v) is 3.67. The van der Waals surface area contributed by atoms with Gasteiger partial charge in [-0.25, -0.2) is 5.43 Å². The van der Waals surface area contributed by atoms with Crippen molar-refractivity contribution >= 4 is 62.5 Å². The lowest BCUT2D eigenvalue weighted by Crippen LogP contribution is -2.21. The summed E-state index contributed by atoms with van der Waals surface area (Å²) in [7, 11) is 0. The van der Waals surface area contributed by atoms with Crippen LogP contribution >= 0.6 is 50.9 Å². The second-order valence-electron chi connectivity index (χ2n) is 4.93. The maximum atomic E-state index is 11.9. The van der Waals surface area contributed by atoms with Gasteiger partial charge in [-0.05, 0) is 42.3 Å². The first-order valence-corrected chi connectivity index (χ1v) is 9.77. The summed E-state index contributed by atoms with van der Waals surface area (Å²) in [6.45, 7) is 1.85. The quantitative estimate of drug-likeness (QED) is 0.469. The van der Waals surface area contributed by atoms with Crippen LogP contribution in [0.25, 0.3) is 0 Å². The normalized spacial score (nSPS) is 11.4. The van der Waals surface area contributed by atoms with Crippen LogP contribution in [0.1, 0.15) is 18.1 Å². The molecule has 0 aliphatic rings. The maximum absolute atomic E-state index is 11.9. The zero-order chi connectivity index (χ0) is 17.5. The zero-order valence-corrected chi connectivity index (χ0v) is 16.8. The summed E-state index contributed by atoms with van der Waals surface area (Å²) in [5.41, 5.74) is 5.10. The number of carbonyl (C=O) groups is 1. The molecule has 7 heteroatoms. The third-order valence-electron chi connectivity index (χ3n) is 3.15. The van der Waals surface area contributed by atoms with Crippen LogP contribution in [0.4, 0.5) is 0 Å². The van der Waals surface area contributed by atoms with Crippen molar-refractivity contribution in [3.8, 4) is 0 Å². The molecule has 0 saturated heterocycles. The van der Waals surface area contributed by atoms with E-state index < -0.39 is 0 Å². The third kappa shape index (κ3) is 5.81. The third-order valence-corrected chi connectivity index (χ3v) is 5.35. The van der Waals surface area contributed by atoms with E-state index in [1.54, 1.807) is 18.2 Å². The number of hydrogen-bond donors (Lipinski definition) is 1. The summed E-state index contributed by atoms with van der Waals surface area (Å²) < 4.78 is 0.998. The Labute approximate surface area is 163 Å². The smallest absolute Gasteiger partial charge is 0.250 e. The van der Waals surface area contributed by atoms with Crippen LogP contribution in [0.2, 0.25) is 10.0 Å². The summed E-state index contributed by atoms with van der Waals surface area (Å²) >= 11 is 17.0. The molecule has 0 aromatic heterocycles. The number of thioether (sulfide) groups is 1. The van der Waals surface area contributed by atoms with E-state index >= 15 is 0 Å². The molecule has 0 aliphatic carbocycles. The van der Waals surface area contributed by atoms with Gasteiger partial charge < -0.3 is 0 Å². The van der Waals surface area contributed by atoms with E-state index in [1.807, 2.05) is 31.2 Å². The highest BCUT2D eigenvalue weighted by Crippen LogP contribution is 2.28. The molecule has 1 N–H and O–H groups in total. The first-order chi connectivity index (χ1) is 11.5. The van der Waals surface area contributed by atoms with Crippen LogP contribution in [0, 0.1) is 0 Å². The SMILES string of the molecule is C/C(=N/NC(=O)CSCc1c(Cl)cccc1Cl)c1ccc(Br)cc1. The van der Waals surface area contributed by atoms with E-state index in [0.29, 0.717) is 15.8 Å². The largest absolute Gasteiger partial charge is 0.272 e. The van der Waals surface area contributed by atoms with Crippen molar-refractivity contribution in [2.75, 3.05) is 5.75 Å². The monoisotopic (exact) mass is 444 g/mol. The Balaban J connectivity index is 1.83. The van der Waals surface area contributed by atoms with Crippen LogP contribution < -0.4 is 5.43 Å². The van der Waals surface area contributed by atoms with Crippen LogP contribution in [0.3, 0.4) is 0 Å². The fraction of sp³-hybridized carbons (Fsp3) is 0.176. The molecular formula is C17H15BrCl2N2OS. The highest BCUT2D eigenvalue weighted by atomic mass is 79.9. The number of benzene rings is 2. The van der Waals surface area contributed by atoms with E-state index in [2.05, 4.69) is 26.5 Å². The topological polar surface area (TPSA) is 41.5 Å². The van der Waals surface area contributed by atoms with Crippen molar-refractivity contribution in [3.63, 3.8) is 0 Å². The Bertz CT molecular complexity index is 731. The van der Waals surface area contributed by atoms with Crippen LogP contribution in [-0.4, -0.2) is 17.4 Å². The second-order valence-corrected chi connectivity index (χ2v) is 7.65. The van der Waals surface area contributed by atoms with Gasteiger partial charge in [0.05, 0.1) is 11.5 Å². The zero-order valence-electron chi connectivity index (χ0n) is 12.9. The summed E-state index contributed by atoms with van der Waals surface area (Å²) in [5, 5.41) is 5.34. The maximum Gasteiger partial charge on any atom is 0.250 e. The average molecular weight is 446 g/mol. The van der Waals surface area contributed by atoms with Gasteiger partial charge in [-0.3, -0.25) is 4.79 Å². The molecule has 0 aliphatic heterocycles. The molecule has 0 fully saturated rings. The molecule has 2 rings (SSSR count). The molecule has 1 amide bonds. The number of hydrazone groups is 1. The highest BCUT2D eigenvalue weighted by Gasteiger charge is 2.07. The highest BCUT2D eigenvalue weighted by molar-refractivity contribution is 9.10. The molecule has 0 unspecified atom stereocenters. The molecule has 2 aromatic rings. The van der Waals surface area contributed by atoms with Crippen molar-refractivity contribution < 1.29 is 4.79 Å². The van der Waals surface area contributed by atoms with Crippen LogP contribution in [-0.2, 0) is 10.5 Å². The van der Waals surface area contributed by atoms with Crippen LogP contribution in [0.5, 0.6) is 0 Å². The minimum absolute atomic E-state index is 0.167.